The van der Waals surface area contributed by atoms with E-state index in [9.17, 15) is 4.79 Å². The van der Waals surface area contributed by atoms with E-state index >= 15 is 0 Å². The van der Waals surface area contributed by atoms with Crippen molar-refractivity contribution in [2.45, 2.75) is 51.1 Å². The number of nitrogens with one attached hydrogen (secondary N) is 1. The monoisotopic (exact) mass is 343 g/mol. The molecule has 1 amide bonds. The molecule has 0 spiro atoms. The molecule has 0 aromatic carbocycles. The Hall–Kier alpha value is -0.820. The summed E-state index contributed by atoms with van der Waals surface area (Å²) in [5.74, 6) is 3.63. The molecule has 7 heteroatoms. The minimum atomic E-state index is -0.486. The van der Waals surface area contributed by atoms with Crippen LogP contribution in [0.4, 0.5) is 4.79 Å². The fourth-order valence-corrected chi connectivity index (χ4v) is 4.93. The van der Waals surface area contributed by atoms with E-state index in [1.807, 2.05) is 63.7 Å². The second kappa shape index (κ2) is 7.64. The zero-order valence-electron chi connectivity index (χ0n) is 13.7. The third-order valence-corrected chi connectivity index (χ3v) is 6.03. The van der Waals surface area contributed by atoms with Gasteiger partial charge in [-0.3, -0.25) is 0 Å². The maximum absolute atomic E-state index is 11.9. The molecule has 1 aliphatic rings. The summed E-state index contributed by atoms with van der Waals surface area (Å²) < 4.78 is 7.45. The van der Waals surface area contributed by atoms with Crippen LogP contribution >= 0.6 is 23.5 Å². The van der Waals surface area contributed by atoms with Gasteiger partial charge in [0.15, 0.2) is 0 Å². The molecule has 1 aliphatic heterocycles. The van der Waals surface area contributed by atoms with Crippen molar-refractivity contribution < 1.29 is 9.53 Å². The lowest BCUT2D eigenvalue weighted by Gasteiger charge is -2.24. The van der Waals surface area contributed by atoms with Gasteiger partial charge in [0.1, 0.15) is 5.60 Å². The largest absolute Gasteiger partial charge is 0.444 e. The van der Waals surface area contributed by atoms with E-state index in [1.165, 1.54) is 17.3 Å². The second-order valence-electron chi connectivity index (χ2n) is 6.41. The van der Waals surface area contributed by atoms with Crippen molar-refractivity contribution in [1.29, 1.82) is 0 Å². The maximum atomic E-state index is 11.9. The number of rotatable bonds is 4. The number of alkyl carbamates (subject to hydrolysis) is 1. The third kappa shape index (κ3) is 5.43. The molecule has 0 radical (unpaired) electrons. The Morgan fingerprint density at radius 2 is 2.32 bits per heavy atom. The SMILES string of the molecule is C[C@H](NC(=O)OC(C)(C)C)c1cncn1CC1CSCCS1. The van der Waals surface area contributed by atoms with Crippen molar-refractivity contribution in [3.8, 4) is 0 Å². The van der Waals surface area contributed by atoms with Crippen molar-refractivity contribution in [3.05, 3.63) is 18.2 Å². The van der Waals surface area contributed by atoms with Crippen LogP contribution in [0.15, 0.2) is 12.5 Å². The van der Waals surface area contributed by atoms with Crippen molar-refractivity contribution in [3.63, 3.8) is 0 Å². The number of carbonyl (C=O) groups is 1. The van der Waals surface area contributed by atoms with Crippen LogP contribution in [-0.2, 0) is 11.3 Å². The molecule has 2 heterocycles. The van der Waals surface area contributed by atoms with Gasteiger partial charge in [-0.05, 0) is 27.7 Å². The number of ether oxygens (including phenoxy) is 1. The number of carbonyl (C=O) groups excluding carboxylic acids is 1. The lowest BCUT2D eigenvalue weighted by atomic mass is 10.2. The van der Waals surface area contributed by atoms with Crippen LogP contribution in [0.1, 0.15) is 39.4 Å². The van der Waals surface area contributed by atoms with Crippen LogP contribution < -0.4 is 5.32 Å². The Labute approximate surface area is 141 Å². The predicted molar refractivity (Wildman–Crippen MR) is 93.6 cm³/mol. The molecule has 2 rings (SSSR count). The Morgan fingerprint density at radius 3 is 2.95 bits per heavy atom. The normalized spacial score (nSPS) is 20.5. The van der Waals surface area contributed by atoms with Crippen LogP contribution in [0.2, 0.25) is 0 Å². The quantitative estimate of drug-likeness (QED) is 0.909. The van der Waals surface area contributed by atoms with Gasteiger partial charge in [0, 0.05) is 29.1 Å². The van der Waals surface area contributed by atoms with Crippen LogP contribution in [0.5, 0.6) is 0 Å². The topological polar surface area (TPSA) is 56.1 Å². The molecule has 1 unspecified atom stereocenters. The van der Waals surface area contributed by atoms with Gasteiger partial charge in [-0.2, -0.15) is 23.5 Å². The minimum absolute atomic E-state index is 0.126. The molecular formula is C15H25N3O2S2. The summed E-state index contributed by atoms with van der Waals surface area (Å²) in [5, 5.41) is 3.49. The molecule has 1 fully saturated rings. The average molecular weight is 344 g/mol. The van der Waals surface area contributed by atoms with E-state index in [0.717, 1.165) is 12.2 Å². The highest BCUT2D eigenvalue weighted by Crippen LogP contribution is 2.26. The molecule has 2 atom stereocenters. The molecular weight excluding hydrogens is 318 g/mol. The fourth-order valence-electron chi connectivity index (χ4n) is 2.26. The molecule has 1 N–H and O–H groups in total. The number of aromatic nitrogens is 2. The van der Waals surface area contributed by atoms with Gasteiger partial charge in [0.05, 0.1) is 24.3 Å². The van der Waals surface area contributed by atoms with Gasteiger partial charge in [-0.15, -0.1) is 0 Å². The highest BCUT2D eigenvalue weighted by molar-refractivity contribution is 8.06. The zero-order chi connectivity index (χ0) is 16.2. The highest BCUT2D eigenvalue weighted by Gasteiger charge is 2.21. The summed E-state index contributed by atoms with van der Waals surface area (Å²) in [4.78, 5) is 16.1. The summed E-state index contributed by atoms with van der Waals surface area (Å²) in [6.07, 6.45) is 3.28. The van der Waals surface area contributed by atoms with Crippen molar-refractivity contribution in [1.82, 2.24) is 14.9 Å². The van der Waals surface area contributed by atoms with Gasteiger partial charge in [-0.1, -0.05) is 0 Å². The Morgan fingerprint density at radius 1 is 1.55 bits per heavy atom. The third-order valence-electron chi connectivity index (χ3n) is 3.21. The number of hydrogen-bond acceptors (Lipinski definition) is 5. The van der Waals surface area contributed by atoms with E-state index in [1.54, 1.807) is 0 Å². The first-order valence-electron chi connectivity index (χ1n) is 7.54. The summed E-state index contributed by atoms with van der Waals surface area (Å²) in [5.41, 5.74) is 0.530. The summed E-state index contributed by atoms with van der Waals surface area (Å²) in [7, 11) is 0. The number of nitrogens with zero attached hydrogens (tertiary/aromatic N) is 2. The molecule has 22 heavy (non-hydrogen) atoms. The van der Waals surface area contributed by atoms with Gasteiger partial charge in [0.2, 0.25) is 0 Å². The van der Waals surface area contributed by atoms with E-state index < -0.39 is 11.7 Å². The summed E-state index contributed by atoms with van der Waals surface area (Å²) in [6, 6.07) is -0.126. The van der Waals surface area contributed by atoms with Crippen LogP contribution in [0.25, 0.3) is 0 Å². The molecule has 5 nitrogen and oxygen atoms in total. The van der Waals surface area contributed by atoms with E-state index in [4.69, 9.17) is 4.74 Å². The Bertz CT molecular complexity index is 493. The zero-order valence-corrected chi connectivity index (χ0v) is 15.3. The number of hydrogen-bond donors (Lipinski definition) is 1. The Balaban J connectivity index is 1.94. The predicted octanol–water partition coefficient (Wildman–Crippen LogP) is 3.32. The van der Waals surface area contributed by atoms with Gasteiger partial charge in [-0.25, -0.2) is 9.78 Å². The molecule has 1 aromatic heterocycles. The smallest absolute Gasteiger partial charge is 0.408 e. The number of imidazole rings is 1. The first-order valence-corrected chi connectivity index (χ1v) is 9.74. The van der Waals surface area contributed by atoms with Gasteiger partial charge in [0.25, 0.3) is 0 Å². The van der Waals surface area contributed by atoms with Crippen molar-refractivity contribution >= 4 is 29.6 Å². The molecule has 0 bridgehead atoms. The molecule has 0 saturated carbocycles. The summed E-state index contributed by atoms with van der Waals surface area (Å²) in [6.45, 7) is 8.48. The minimum Gasteiger partial charge on any atom is -0.444 e. The van der Waals surface area contributed by atoms with Gasteiger partial charge >= 0.3 is 6.09 Å². The maximum Gasteiger partial charge on any atom is 0.408 e. The van der Waals surface area contributed by atoms with Crippen molar-refractivity contribution in [2.24, 2.45) is 0 Å². The van der Waals surface area contributed by atoms with Crippen LogP contribution in [0, 0.1) is 0 Å². The first-order chi connectivity index (χ1) is 10.3. The first kappa shape index (κ1) is 17.5. The van der Waals surface area contributed by atoms with Crippen LogP contribution in [0.3, 0.4) is 0 Å². The lowest BCUT2D eigenvalue weighted by Crippen LogP contribution is -2.35. The van der Waals surface area contributed by atoms with Gasteiger partial charge < -0.3 is 14.6 Å². The fraction of sp³-hybridized carbons (Fsp3) is 0.733. The lowest BCUT2D eigenvalue weighted by molar-refractivity contribution is 0.0506. The Kier molecular flexibility index (Phi) is 6.09. The molecule has 124 valence electrons. The standard InChI is InChI=1S/C15H25N3O2S2/c1-11(17-14(19)20-15(2,3)4)13-7-16-10-18(13)8-12-9-21-5-6-22-12/h7,10-12H,5-6,8-9H2,1-4H3,(H,17,19)/t11-,12?/m0/s1. The van der Waals surface area contributed by atoms with E-state index in [0.29, 0.717) is 5.25 Å². The average Bonchev–Trinajstić information content (AvgIpc) is 2.85. The molecule has 1 saturated heterocycles. The number of amides is 1. The summed E-state index contributed by atoms with van der Waals surface area (Å²) >= 11 is 4.03. The highest BCUT2D eigenvalue weighted by atomic mass is 32.2. The van der Waals surface area contributed by atoms with Crippen LogP contribution in [-0.4, -0.2) is 43.8 Å². The van der Waals surface area contributed by atoms with E-state index in [-0.39, 0.29) is 6.04 Å². The molecule has 0 aliphatic carbocycles. The molecule has 1 aromatic rings. The number of thioether (sulfide) groups is 2. The van der Waals surface area contributed by atoms with E-state index in [2.05, 4.69) is 14.9 Å². The second-order valence-corrected chi connectivity index (χ2v) is 8.96. The van der Waals surface area contributed by atoms with Crippen molar-refractivity contribution in [2.75, 3.05) is 17.3 Å².